The fraction of sp³-hybridized carbons (Fsp3) is 0.467. The molecule has 21 heavy (non-hydrogen) atoms. The highest BCUT2D eigenvalue weighted by Crippen LogP contribution is 2.38. The van der Waals surface area contributed by atoms with Crippen LogP contribution in [0.3, 0.4) is 0 Å². The number of hydrogen-bond donors (Lipinski definition) is 1. The molecule has 114 valence electrons. The molecule has 0 saturated carbocycles. The Labute approximate surface area is 121 Å². The van der Waals surface area contributed by atoms with Gasteiger partial charge in [-0.25, -0.2) is 8.78 Å². The topological polar surface area (TPSA) is 57.6 Å². The lowest BCUT2D eigenvalue weighted by atomic mass is 9.84. The summed E-state index contributed by atoms with van der Waals surface area (Å²) in [5, 5.41) is 9.35. The van der Waals surface area contributed by atoms with Gasteiger partial charge in [0.1, 0.15) is 11.6 Å². The molecule has 1 amide bonds. The van der Waals surface area contributed by atoms with Crippen LogP contribution in [0.15, 0.2) is 18.2 Å². The van der Waals surface area contributed by atoms with Crippen molar-refractivity contribution in [3.8, 4) is 0 Å². The van der Waals surface area contributed by atoms with Crippen LogP contribution in [0.2, 0.25) is 0 Å². The smallest absolute Gasteiger partial charge is 0.308 e. The summed E-state index contributed by atoms with van der Waals surface area (Å²) in [5.74, 6) is -3.58. The summed E-state index contributed by atoms with van der Waals surface area (Å²) in [7, 11) is 0. The highest BCUT2D eigenvalue weighted by atomic mass is 19.1. The van der Waals surface area contributed by atoms with Crippen LogP contribution >= 0.6 is 0 Å². The fourth-order valence-electron chi connectivity index (χ4n) is 2.84. The Hall–Kier alpha value is -1.98. The third-order valence-corrected chi connectivity index (χ3v) is 3.76. The standard InChI is InChI=1S/C15H17F2NO3/c1-2-7-18-13(19)6-4-10(15(20)21)14(18)11-8-9(16)3-5-12(11)17/h3,5,8,10,14H,2,4,6-7H2,1H3,(H,20,21). The van der Waals surface area contributed by atoms with Crippen LogP contribution in [-0.2, 0) is 9.59 Å². The molecular formula is C15H17F2NO3. The molecule has 1 aromatic carbocycles. The average molecular weight is 297 g/mol. The first kappa shape index (κ1) is 15.4. The van der Waals surface area contributed by atoms with Crippen molar-refractivity contribution in [1.29, 1.82) is 0 Å². The van der Waals surface area contributed by atoms with Crippen LogP contribution in [0.4, 0.5) is 8.78 Å². The summed E-state index contributed by atoms with van der Waals surface area (Å²) in [6.45, 7) is 2.17. The predicted octanol–water partition coefficient (Wildman–Crippen LogP) is 2.74. The van der Waals surface area contributed by atoms with Gasteiger partial charge in [0.15, 0.2) is 0 Å². The Balaban J connectivity index is 2.51. The number of carboxylic acid groups (broad SMARTS) is 1. The largest absolute Gasteiger partial charge is 0.481 e. The molecule has 1 aliphatic heterocycles. The molecule has 1 fully saturated rings. The number of carbonyl (C=O) groups excluding carboxylic acids is 1. The van der Waals surface area contributed by atoms with Crippen LogP contribution in [0.25, 0.3) is 0 Å². The van der Waals surface area contributed by atoms with Crippen LogP contribution in [0.5, 0.6) is 0 Å². The van der Waals surface area contributed by atoms with Gasteiger partial charge in [-0.1, -0.05) is 6.92 Å². The molecule has 2 atom stereocenters. The quantitative estimate of drug-likeness (QED) is 0.929. The first-order valence-corrected chi connectivity index (χ1v) is 6.93. The van der Waals surface area contributed by atoms with E-state index < -0.39 is 29.6 Å². The molecule has 6 heteroatoms. The maximum Gasteiger partial charge on any atom is 0.308 e. The number of carbonyl (C=O) groups is 2. The van der Waals surface area contributed by atoms with Crippen molar-refractivity contribution in [2.24, 2.45) is 5.92 Å². The van der Waals surface area contributed by atoms with Crippen molar-refractivity contribution in [3.05, 3.63) is 35.4 Å². The number of halogens is 2. The van der Waals surface area contributed by atoms with E-state index in [0.29, 0.717) is 13.0 Å². The second kappa shape index (κ2) is 6.20. The lowest BCUT2D eigenvalue weighted by Crippen LogP contribution is -2.46. The zero-order chi connectivity index (χ0) is 15.6. The molecule has 4 nitrogen and oxygen atoms in total. The minimum atomic E-state index is -1.10. The van der Waals surface area contributed by atoms with Crippen LogP contribution in [-0.4, -0.2) is 28.4 Å². The molecular weight excluding hydrogens is 280 g/mol. The summed E-state index contributed by atoms with van der Waals surface area (Å²) >= 11 is 0. The number of likely N-dealkylation sites (tertiary alicyclic amines) is 1. The van der Waals surface area contributed by atoms with E-state index >= 15 is 0 Å². The van der Waals surface area contributed by atoms with E-state index in [-0.39, 0.29) is 24.3 Å². The van der Waals surface area contributed by atoms with Crippen LogP contribution in [0, 0.1) is 17.6 Å². The third kappa shape index (κ3) is 3.04. The number of rotatable bonds is 4. The van der Waals surface area contributed by atoms with Gasteiger partial charge >= 0.3 is 5.97 Å². The highest BCUT2D eigenvalue weighted by Gasteiger charge is 2.41. The van der Waals surface area contributed by atoms with E-state index in [2.05, 4.69) is 0 Å². The van der Waals surface area contributed by atoms with E-state index in [1.54, 1.807) is 0 Å². The first-order chi connectivity index (χ1) is 9.95. The molecule has 1 aromatic rings. The van der Waals surface area contributed by atoms with Crippen molar-refractivity contribution >= 4 is 11.9 Å². The summed E-state index contributed by atoms with van der Waals surface area (Å²) in [5.41, 5.74) is -0.0658. The van der Waals surface area contributed by atoms with Gasteiger partial charge < -0.3 is 10.0 Å². The van der Waals surface area contributed by atoms with Crippen molar-refractivity contribution in [2.75, 3.05) is 6.54 Å². The molecule has 0 radical (unpaired) electrons. The SMILES string of the molecule is CCCN1C(=O)CCC(C(=O)O)C1c1cc(F)ccc1F. The molecule has 1 saturated heterocycles. The molecule has 1 aliphatic rings. The van der Waals surface area contributed by atoms with Crippen LogP contribution < -0.4 is 0 Å². The van der Waals surface area contributed by atoms with E-state index in [1.165, 1.54) is 4.90 Å². The van der Waals surface area contributed by atoms with E-state index in [1.807, 2.05) is 6.92 Å². The molecule has 0 bridgehead atoms. The zero-order valence-corrected chi connectivity index (χ0v) is 11.7. The van der Waals surface area contributed by atoms with E-state index in [4.69, 9.17) is 0 Å². The number of amides is 1. The van der Waals surface area contributed by atoms with Crippen molar-refractivity contribution in [1.82, 2.24) is 4.90 Å². The maximum atomic E-state index is 14.0. The van der Waals surface area contributed by atoms with Gasteiger partial charge in [-0.3, -0.25) is 9.59 Å². The van der Waals surface area contributed by atoms with Gasteiger partial charge in [0, 0.05) is 18.5 Å². The molecule has 1 N–H and O–H groups in total. The second-order valence-corrected chi connectivity index (χ2v) is 5.18. The Kier molecular flexibility index (Phi) is 4.55. The van der Waals surface area contributed by atoms with E-state index in [9.17, 15) is 23.5 Å². The predicted molar refractivity (Wildman–Crippen MR) is 71.5 cm³/mol. The Bertz CT molecular complexity index is 562. The van der Waals surface area contributed by atoms with Gasteiger partial charge in [0.2, 0.25) is 5.91 Å². The van der Waals surface area contributed by atoms with Crippen molar-refractivity contribution < 1.29 is 23.5 Å². The minimum Gasteiger partial charge on any atom is -0.481 e. The summed E-state index contributed by atoms with van der Waals surface area (Å²) in [6, 6.07) is 1.97. The zero-order valence-electron chi connectivity index (χ0n) is 11.7. The number of aliphatic carboxylic acids is 1. The number of piperidine rings is 1. The van der Waals surface area contributed by atoms with Crippen LogP contribution in [0.1, 0.15) is 37.8 Å². The molecule has 0 spiro atoms. The van der Waals surface area contributed by atoms with Gasteiger partial charge in [0.05, 0.1) is 12.0 Å². The van der Waals surface area contributed by atoms with Gasteiger partial charge in [-0.2, -0.15) is 0 Å². The Morgan fingerprint density at radius 3 is 2.76 bits per heavy atom. The number of carboxylic acids is 1. The molecule has 0 aromatic heterocycles. The lowest BCUT2D eigenvalue weighted by Gasteiger charge is -2.39. The Morgan fingerprint density at radius 1 is 1.43 bits per heavy atom. The number of hydrogen-bond acceptors (Lipinski definition) is 2. The van der Waals surface area contributed by atoms with Gasteiger partial charge in [-0.05, 0) is 31.0 Å². The summed E-state index contributed by atoms with van der Waals surface area (Å²) in [4.78, 5) is 24.8. The first-order valence-electron chi connectivity index (χ1n) is 6.93. The molecule has 2 unspecified atom stereocenters. The van der Waals surface area contributed by atoms with Crippen molar-refractivity contribution in [3.63, 3.8) is 0 Å². The van der Waals surface area contributed by atoms with Gasteiger partial charge in [0.25, 0.3) is 0 Å². The fourth-order valence-corrected chi connectivity index (χ4v) is 2.84. The highest BCUT2D eigenvalue weighted by molar-refractivity contribution is 5.81. The average Bonchev–Trinajstić information content (AvgIpc) is 2.43. The lowest BCUT2D eigenvalue weighted by molar-refractivity contribution is -0.152. The minimum absolute atomic E-state index is 0.0658. The Morgan fingerprint density at radius 2 is 2.14 bits per heavy atom. The summed E-state index contributed by atoms with van der Waals surface area (Å²) < 4.78 is 27.5. The van der Waals surface area contributed by atoms with Gasteiger partial charge in [-0.15, -0.1) is 0 Å². The van der Waals surface area contributed by atoms with E-state index in [0.717, 1.165) is 18.2 Å². The van der Waals surface area contributed by atoms with Crippen molar-refractivity contribution in [2.45, 2.75) is 32.2 Å². The number of nitrogens with zero attached hydrogens (tertiary/aromatic N) is 1. The summed E-state index contributed by atoms with van der Waals surface area (Å²) in [6.07, 6.45) is 0.866. The monoisotopic (exact) mass is 297 g/mol. The maximum absolute atomic E-state index is 14.0. The third-order valence-electron chi connectivity index (χ3n) is 3.76. The molecule has 0 aliphatic carbocycles. The number of benzene rings is 1. The normalized spacial score (nSPS) is 22.4. The molecule has 1 heterocycles. The molecule has 2 rings (SSSR count). The second-order valence-electron chi connectivity index (χ2n) is 5.18.